The van der Waals surface area contributed by atoms with E-state index in [0.717, 1.165) is 4.47 Å². The van der Waals surface area contributed by atoms with Crippen LogP contribution in [0.4, 0.5) is 14.9 Å². The summed E-state index contributed by atoms with van der Waals surface area (Å²) in [6, 6.07) is 7.12. The summed E-state index contributed by atoms with van der Waals surface area (Å²) in [5.41, 5.74) is 0.687. The van der Waals surface area contributed by atoms with E-state index in [1.807, 2.05) is 18.2 Å². The number of aryl methyl sites for hydroxylation is 1. The fourth-order valence-corrected chi connectivity index (χ4v) is 3.15. The van der Waals surface area contributed by atoms with Crippen LogP contribution in [0.3, 0.4) is 0 Å². The van der Waals surface area contributed by atoms with Crippen molar-refractivity contribution in [3.05, 3.63) is 40.4 Å². The molecule has 8 heteroatoms. The highest BCUT2D eigenvalue weighted by atomic mass is 79.9. The van der Waals surface area contributed by atoms with E-state index < -0.39 is 6.67 Å². The molecule has 3 rings (SSSR count). The van der Waals surface area contributed by atoms with Gasteiger partial charge in [-0.25, -0.2) is 9.78 Å². The third kappa shape index (κ3) is 3.36. The summed E-state index contributed by atoms with van der Waals surface area (Å²) in [5, 5.41) is 9.73. The monoisotopic (exact) mass is 381 g/mol. The van der Waals surface area contributed by atoms with Crippen LogP contribution in [0.2, 0.25) is 0 Å². The van der Waals surface area contributed by atoms with Crippen LogP contribution in [0.15, 0.2) is 28.7 Å². The molecule has 122 valence electrons. The Labute approximate surface area is 141 Å². The smallest absolute Gasteiger partial charge is 0.321 e. The SMILES string of the molecule is Cc1nc(C2CN(C(=O)Nc3ccccc3Br)CC2CF)n[nH]1. The van der Waals surface area contributed by atoms with Crippen LogP contribution >= 0.6 is 15.9 Å². The first-order valence-electron chi connectivity index (χ1n) is 7.33. The topological polar surface area (TPSA) is 73.9 Å². The average Bonchev–Trinajstić information content (AvgIpc) is 3.15. The number of anilines is 1. The number of rotatable bonds is 3. The van der Waals surface area contributed by atoms with Gasteiger partial charge in [0, 0.05) is 29.4 Å². The number of nitrogens with one attached hydrogen (secondary N) is 2. The summed E-state index contributed by atoms with van der Waals surface area (Å²) < 4.78 is 14.1. The highest BCUT2D eigenvalue weighted by molar-refractivity contribution is 9.10. The molecular formula is C15H17BrFN5O. The second kappa shape index (κ2) is 6.66. The van der Waals surface area contributed by atoms with Gasteiger partial charge in [0.15, 0.2) is 5.82 Å². The minimum absolute atomic E-state index is 0.185. The largest absolute Gasteiger partial charge is 0.323 e. The van der Waals surface area contributed by atoms with Gasteiger partial charge in [-0.3, -0.25) is 9.49 Å². The molecular weight excluding hydrogens is 365 g/mol. The number of carbonyl (C=O) groups excluding carboxylic acids is 1. The Morgan fingerprint density at radius 3 is 2.91 bits per heavy atom. The normalized spacial score (nSPS) is 20.7. The number of hydrogen-bond donors (Lipinski definition) is 2. The summed E-state index contributed by atoms with van der Waals surface area (Å²) in [5.74, 6) is 0.792. The fraction of sp³-hybridized carbons (Fsp3) is 0.400. The molecule has 1 fully saturated rings. The van der Waals surface area contributed by atoms with E-state index in [9.17, 15) is 9.18 Å². The Balaban J connectivity index is 1.72. The number of alkyl halides is 1. The lowest BCUT2D eigenvalue weighted by Crippen LogP contribution is -2.33. The van der Waals surface area contributed by atoms with Crippen LogP contribution in [0, 0.1) is 12.8 Å². The van der Waals surface area contributed by atoms with Crippen LogP contribution in [-0.4, -0.2) is 45.9 Å². The second-order valence-corrected chi connectivity index (χ2v) is 6.47. The number of para-hydroxylation sites is 1. The number of benzene rings is 1. The molecule has 1 aliphatic rings. The molecule has 2 unspecified atom stereocenters. The highest BCUT2D eigenvalue weighted by Gasteiger charge is 2.38. The van der Waals surface area contributed by atoms with Gasteiger partial charge >= 0.3 is 6.03 Å². The molecule has 0 radical (unpaired) electrons. The van der Waals surface area contributed by atoms with Gasteiger partial charge in [0.2, 0.25) is 0 Å². The van der Waals surface area contributed by atoms with Gasteiger partial charge in [-0.1, -0.05) is 12.1 Å². The molecule has 2 heterocycles. The van der Waals surface area contributed by atoms with Crippen molar-refractivity contribution in [2.24, 2.45) is 5.92 Å². The molecule has 0 spiro atoms. The minimum Gasteiger partial charge on any atom is -0.323 e. The van der Waals surface area contributed by atoms with Crippen molar-refractivity contribution in [3.63, 3.8) is 0 Å². The first kappa shape index (κ1) is 15.9. The maximum Gasteiger partial charge on any atom is 0.321 e. The first-order valence-corrected chi connectivity index (χ1v) is 8.13. The van der Waals surface area contributed by atoms with Gasteiger partial charge in [0.1, 0.15) is 5.82 Å². The number of urea groups is 1. The standard InChI is InChI=1S/C15H17BrFN5O/c1-9-18-14(21-20-9)11-8-22(7-10(11)6-17)15(23)19-13-5-3-2-4-12(13)16/h2-5,10-11H,6-8H2,1H3,(H,19,23)(H,18,20,21). The van der Waals surface area contributed by atoms with Crippen molar-refractivity contribution in [2.45, 2.75) is 12.8 Å². The number of hydrogen-bond acceptors (Lipinski definition) is 3. The van der Waals surface area contributed by atoms with Crippen LogP contribution in [-0.2, 0) is 0 Å². The van der Waals surface area contributed by atoms with Crippen LogP contribution < -0.4 is 5.32 Å². The summed E-state index contributed by atoms with van der Waals surface area (Å²) in [4.78, 5) is 18.3. The Bertz CT molecular complexity index is 707. The van der Waals surface area contributed by atoms with E-state index in [1.165, 1.54) is 0 Å². The van der Waals surface area contributed by atoms with Crippen molar-refractivity contribution in [2.75, 3.05) is 25.1 Å². The summed E-state index contributed by atoms with van der Waals surface area (Å²) in [7, 11) is 0. The van der Waals surface area contributed by atoms with E-state index in [2.05, 4.69) is 36.4 Å². The Morgan fingerprint density at radius 2 is 2.26 bits per heavy atom. The molecule has 1 aromatic carbocycles. The highest BCUT2D eigenvalue weighted by Crippen LogP contribution is 2.32. The number of likely N-dealkylation sites (tertiary alicyclic amines) is 1. The summed E-state index contributed by atoms with van der Waals surface area (Å²) in [6.07, 6.45) is 0. The molecule has 23 heavy (non-hydrogen) atoms. The zero-order chi connectivity index (χ0) is 16.4. The number of H-pyrrole nitrogens is 1. The molecule has 2 amide bonds. The summed E-state index contributed by atoms with van der Waals surface area (Å²) in [6.45, 7) is 2.05. The van der Waals surface area contributed by atoms with Crippen molar-refractivity contribution in [3.8, 4) is 0 Å². The van der Waals surface area contributed by atoms with Crippen molar-refractivity contribution in [1.29, 1.82) is 0 Å². The van der Waals surface area contributed by atoms with E-state index in [1.54, 1.807) is 17.9 Å². The van der Waals surface area contributed by atoms with Gasteiger partial charge in [-0.05, 0) is 35.0 Å². The van der Waals surface area contributed by atoms with Gasteiger partial charge in [-0.2, -0.15) is 5.10 Å². The Morgan fingerprint density at radius 1 is 1.48 bits per heavy atom. The van der Waals surface area contributed by atoms with Crippen molar-refractivity contribution < 1.29 is 9.18 Å². The minimum atomic E-state index is -0.503. The molecule has 1 aromatic heterocycles. The third-order valence-electron chi connectivity index (χ3n) is 3.99. The number of amides is 2. The lowest BCUT2D eigenvalue weighted by Gasteiger charge is -2.17. The maximum atomic E-state index is 13.3. The molecule has 2 N–H and O–H groups in total. The van der Waals surface area contributed by atoms with Crippen molar-refractivity contribution in [1.82, 2.24) is 20.1 Å². The maximum absolute atomic E-state index is 13.3. The number of aromatic amines is 1. The first-order chi connectivity index (χ1) is 11.1. The molecule has 1 aliphatic heterocycles. The quantitative estimate of drug-likeness (QED) is 0.857. The molecule has 0 aliphatic carbocycles. The molecule has 2 aromatic rings. The molecule has 6 nitrogen and oxygen atoms in total. The van der Waals surface area contributed by atoms with E-state index in [-0.39, 0.29) is 17.9 Å². The molecule has 0 saturated carbocycles. The van der Waals surface area contributed by atoms with Crippen LogP contribution in [0.1, 0.15) is 17.6 Å². The number of halogens is 2. The van der Waals surface area contributed by atoms with Crippen LogP contribution in [0.25, 0.3) is 0 Å². The number of nitrogens with zero attached hydrogens (tertiary/aromatic N) is 3. The van der Waals surface area contributed by atoms with Gasteiger partial charge in [0.25, 0.3) is 0 Å². The van der Waals surface area contributed by atoms with E-state index in [4.69, 9.17) is 0 Å². The lowest BCUT2D eigenvalue weighted by atomic mass is 9.97. The average molecular weight is 382 g/mol. The van der Waals surface area contributed by atoms with E-state index in [0.29, 0.717) is 30.4 Å². The lowest BCUT2D eigenvalue weighted by molar-refractivity contribution is 0.219. The third-order valence-corrected chi connectivity index (χ3v) is 4.68. The van der Waals surface area contributed by atoms with E-state index >= 15 is 0 Å². The number of aromatic nitrogens is 3. The Hall–Kier alpha value is -1.96. The molecule has 1 saturated heterocycles. The molecule has 2 atom stereocenters. The second-order valence-electron chi connectivity index (χ2n) is 5.61. The summed E-state index contributed by atoms with van der Waals surface area (Å²) >= 11 is 3.39. The zero-order valence-corrected chi connectivity index (χ0v) is 14.2. The zero-order valence-electron chi connectivity index (χ0n) is 12.6. The fourth-order valence-electron chi connectivity index (χ4n) is 2.77. The van der Waals surface area contributed by atoms with Gasteiger partial charge < -0.3 is 10.2 Å². The van der Waals surface area contributed by atoms with Crippen LogP contribution in [0.5, 0.6) is 0 Å². The van der Waals surface area contributed by atoms with Gasteiger partial charge in [0.05, 0.1) is 12.4 Å². The predicted octanol–water partition coefficient (Wildman–Crippen LogP) is 3.09. The predicted molar refractivity (Wildman–Crippen MR) is 88.1 cm³/mol. The Kier molecular flexibility index (Phi) is 4.61. The molecule has 0 bridgehead atoms. The number of carbonyl (C=O) groups is 1. The van der Waals surface area contributed by atoms with Crippen molar-refractivity contribution >= 4 is 27.6 Å². The van der Waals surface area contributed by atoms with Gasteiger partial charge in [-0.15, -0.1) is 0 Å².